The van der Waals surface area contributed by atoms with E-state index < -0.39 is 14.8 Å². The maximum absolute atomic E-state index is 10.6. The molecular formula is C4H7NO3S2. The molecule has 0 aliphatic heterocycles. The van der Waals surface area contributed by atoms with Gasteiger partial charge in [0.15, 0.2) is 0 Å². The molecule has 58 valence electrons. The number of rotatable bonds is 3. The molecule has 2 N–H and O–H groups in total. The van der Waals surface area contributed by atoms with Crippen LogP contribution in [0.4, 0.5) is 0 Å². The number of amides is 1. The Bertz CT molecular complexity index is 241. The van der Waals surface area contributed by atoms with Gasteiger partial charge in [-0.2, -0.15) is 0 Å². The molecule has 0 aromatic heterocycles. The summed E-state index contributed by atoms with van der Waals surface area (Å²) in [5.41, 5.74) is 4.65. The summed E-state index contributed by atoms with van der Waals surface area (Å²) in [4.78, 5) is 10.0. The fourth-order valence-electron chi connectivity index (χ4n) is 0.206. The molecule has 0 aromatic rings. The molecule has 0 rings (SSSR count). The van der Waals surface area contributed by atoms with Gasteiger partial charge in [-0.05, 0) is 17.0 Å². The van der Waals surface area contributed by atoms with Crippen molar-refractivity contribution in [2.75, 3.05) is 6.26 Å². The zero-order valence-corrected chi connectivity index (χ0v) is 6.91. The summed E-state index contributed by atoms with van der Waals surface area (Å²) in [6, 6.07) is 0. The summed E-state index contributed by atoms with van der Waals surface area (Å²) >= 11 is 0. The summed E-state index contributed by atoms with van der Waals surface area (Å²) in [6.07, 6.45) is 2.21. The molecule has 0 bridgehead atoms. The first-order valence-corrected chi connectivity index (χ1v) is 5.55. The van der Waals surface area contributed by atoms with Gasteiger partial charge in [-0.15, -0.1) is 0 Å². The minimum absolute atomic E-state index is 0.647. The number of carbonyl (C=O) groups is 1. The average molecular weight is 181 g/mol. The Morgan fingerprint density at radius 2 is 2.10 bits per heavy atom. The van der Waals surface area contributed by atoms with E-state index in [1.165, 1.54) is 6.26 Å². The predicted molar refractivity (Wildman–Crippen MR) is 40.8 cm³/mol. The maximum Gasteiger partial charge on any atom is 0.242 e. The molecule has 0 fully saturated rings. The smallest absolute Gasteiger partial charge is 0.242 e. The average Bonchev–Trinajstić information content (AvgIpc) is 1.85. The molecule has 0 heterocycles. The minimum atomic E-state index is -3.28. The van der Waals surface area contributed by atoms with Crippen molar-refractivity contribution in [3.8, 4) is 0 Å². The van der Waals surface area contributed by atoms with Gasteiger partial charge in [-0.25, -0.2) is 8.42 Å². The number of hydrogen-bond acceptors (Lipinski definition) is 4. The van der Waals surface area contributed by atoms with Crippen molar-refractivity contribution in [1.82, 2.24) is 0 Å². The first-order chi connectivity index (χ1) is 4.48. The highest BCUT2D eigenvalue weighted by Gasteiger charge is 2.00. The van der Waals surface area contributed by atoms with Crippen LogP contribution in [-0.4, -0.2) is 20.6 Å². The summed E-state index contributed by atoms with van der Waals surface area (Å²) in [7, 11) is -2.63. The maximum atomic E-state index is 10.6. The normalized spacial score (nSPS) is 12.1. The molecule has 1 amide bonds. The molecular weight excluding hydrogens is 174 g/mol. The van der Waals surface area contributed by atoms with Gasteiger partial charge in [0.25, 0.3) is 0 Å². The van der Waals surface area contributed by atoms with Crippen LogP contribution >= 0.6 is 10.8 Å². The monoisotopic (exact) mass is 181 g/mol. The van der Waals surface area contributed by atoms with Crippen molar-refractivity contribution in [2.24, 2.45) is 5.73 Å². The standard InChI is InChI=1S/C4H7NO3S2/c1-9-10(7,8)3-2-4(5)6/h2-3H,1H3,(H2,5,6). The van der Waals surface area contributed by atoms with Crippen molar-refractivity contribution in [3.05, 3.63) is 11.5 Å². The molecule has 0 radical (unpaired) electrons. The number of primary amides is 1. The lowest BCUT2D eigenvalue weighted by atomic mass is 10.6. The summed E-state index contributed by atoms with van der Waals surface area (Å²) in [6.45, 7) is 0. The van der Waals surface area contributed by atoms with Gasteiger partial charge in [0.2, 0.25) is 14.8 Å². The van der Waals surface area contributed by atoms with Gasteiger partial charge in [-0.1, -0.05) is 0 Å². The lowest BCUT2D eigenvalue weighted by Gasteiger charge is -1.86. The number of nitrogens with two attached hydrogens (primary N) is 1. The van der Waals surface area contributed by atoms with Crippen LogP contribution in [0.2, 0.25) is 0 Å². The van der Waals surface area contributed by atoms with E-state index >= 15 is 0 Å². The Balaban J connectivity index is 4.29. The molecule has 4 nitrogen and oxygen atoms in total. The lowest BCUT2D eigenvalue weighted by Crippen LogP contribution is -2.06. The van der Waals surface area contributed by atoms with Crippen LogP contribution in [0.25, 0.3) is 0 Å². The second-order valence-electron chi connectivity index (χ2n) is 1.36. The summed E-state index contributed by atoms with van der Waals surface area (Å²) in [5, 5.41) is 0.778. The van der Waals surface area contributed by atoms with Crippen LogP contribution in [0.1, 0.15) is 0 Å². The molecule has 0 saturated heterocycles. The summed E-state index contributed by atoms with van der Waals surface area (Å²) < 4.78 is 21.1. The van der Waals surface area contributed by atoms with E-state index in [9.17, 15) is 13.2 Å². The van der Waals surface area contributed by atoms with E-state index in [1.807, 2.05) is 0 Å². The second-order valence-corrected chi connectivity index (χ2v) is 5.35. The molecule has 0 atom stereocenters. The topological polar surface area (TPSA) is 77.2 Å². The molecule has 0 aliphatic carbocycles. The van der Waals surface area contributed by atoms with Crippen LogP contribution in [0.15, 0.2) is 11.5 Å². The van der Waals surface area contributed by atoms with Gasteiger partial charge in [-0.3, -0.25) is 4.79 Å². The Hall–Kier alpha value is -0.490. The van der Waals surface area contributed by atoms with Gasteiger partial charge < -0.3 is 5.73 Å². The van der Waals surface area contributed by atoms with Crippen molar-refractivity contribution in [2.45, 2.75) is 0 Å². The Morgan fingerprint density at radius 1 is 1.60 bits per heavy atom. The minimum Gasteiger partial charge on any atom is -0.366 e. The van der Waals surface area contributed by atoms with Gasteiger partial charge in [0.1, 0.15) is 0 Å². The van der Waals surface area contributed by atoms with Crippen LogP contribution < -0.4 is 5.73 Å². The van der Waals surface area contributed by atoms with E-state index in [2.05, 4.69) is 5.73 Å². The van der Waals surface area contributed by atoms with Crippen molar-refractivity contribution >= 4 is 25.6 Å². The van der Waals surface area contributed by atoms with Crippen LogP contribution in [0.5, 0.6) is 0 Å². The highest BCUT2D eigenvalue weighted by molar-refractivity contribution is 8.72. The number of carbonyl (C=O) groups excluding carboxylic acids is 1. The largest absolute Gasteiger partial charge is 0.366 e. The van der Waals surface area contributed by atoms with E-state index in [4.69, 9.17) is 0 Å². The van der Waals surface area contributed by atoms with Crippen molar-refractivity contribution < 1.29 is 13.2 Å². The molecule has 10 heavy (non-hydrogen) atoms. The van der Waals surface area contributed by atoms with E-state index in [1.54, 1.807) is 0 Å². The third kappa shape index (κ3) is 4.39. The third-order valence-corrected chi connectivity index (χ3v) is 3.29. The number of hydrogen-bond donors (Lipinski definition) is 1. The zero-order valence-electron chi connectivity index (χ0n) is 5.27. The van der Waals surface area contributed by atoms with Crippen LogP contribution in [0.3, 0.4) is 0 Å². The first-order valence-electron chi connectivity index (χ1n) is 2.26. The van der Waals surface area contributed by atoms with Crippen LogP contribution in [0, 0.1) is 0 Å². The Morgan fingerprint density at radius 3 is 2.40 bits per heavy atom. The van der Waals surface area contributed by atoms with Crippen molar-refractivity contribution in [1.29, 1.82) is 0 Å². The summed E-state index contributed by atoms with van der Waals surface area (Å²) in [5.74, 6) is -0.766. The van der Waals surface area contributed by atoms with Crippen LogP contribution in [-0.2, 0) is 13.7 Å². The molecule has 0 saturated carbocycles. The quantitative estimate of drug-likeness (QED) is 0.478. The van der Waals surface area contributed by atoms with Gasteiger partial charge in [0.05, 0.1) is 0 Å². The van der Waals surface area contributed by atoms with Crippen molar-refractivity contribution in [3.63, 3.8) is 0 Å². The Kier molecular flexibility index (Phi) is 3.45. The molecule has 6 heteroatoms. The highest BCUT2D eigenvalue weighted by Crippen LogP contribution is 2.08. The first kappa shape index (κ1) is 9.51. The highest BCUT2D eigenvalue weighted by atomic mass is 33.1. The Labute approximate surface area is 62.8 Å². The molecule has 0 spiro atoms. The van der Waals surface area contributed by atoms with E-state index in [0.29, 0.717) is 10.8 Å². The molecule has 0 unspecified atom stereocenters. The van der Waals surface area contributed by atoms with Gasteiger partial charge in [0, 0.05) is 11.5 Å². The predicted octanol–water partition coefficient (Wildman–Crippen LogP) is -0.322. The fraction of sp³-hybridized carbons (Fsp3) is 0.250. The fourth-order valence-corrected chi connectivity index (χ4v) is 1.12. The molecule has 0 aromatic carbocycles. The molecule has 0 aliphatic rings. The zero-order chi connectivity index (χ0) is 8.20. The van der Waals surface area contributed by atoms with E-state index in [0.717, 1.165) is 11.5 Å². The SMILES string of the molecule is CSS(=O)(=O)C=CC(N)=O. The lowest BCUT2D eigenvalue weighted by molar-refractivity contribution is -0.113. The third-order valence-electron chi connectivity index (χ3n) is 0.631. The van der Waals surface area contributed by atoms with Gasteiger partial charge >= 0.3 is 0 Å². The van der Waals surface area contributed by atoms with E-state index in [-0.39, 0.29) is 0 Å². The second kappa shape index (κ2) is 3.62.